The van der Waals surface area contributed by atoms with Crippen LogP contribution in [0, 0.1) is 0 Å². The zero-order chi connectivity index (χ0) is 12.5. The maximum atomic E-state index is 11.8. The summed E-state index contributed by atoms with van der Waals surface area (Å²) in [6.07, 6.45) is 0.384. The van der Waals surface area contributed by atoms with Gasteiger partial charge in [0, 0.05) is 10.6 Å². The number of carbonyl (C=O) groups excluding carboxylic acids is 1. The van der Waals surface area contributed by atoms with Gasteiger partial charge in [-0.05, 0) is 27.2 Å². The summed E-state index contributed by atoms with van der Waals surface area (Å²) in [6, 6.07) is 0. The van der Waals surface area contributed by atoms with E-state index in [9.17, 15) is 9.90 Å². The number of esters is 1. The minimum Gasteiger partial charge on any atom is -0.461 e. The van der Waals surface area contributed by atoms with Crippen molar-refractivity contribution in [2.45, 2.75) is 43.4 Å². The van der Waals surface area contributed by atoms with E-state index in [-0.39, 0.29) is 5.97 Å². The summed E-state index contributed by atoms with van der Waals surface area (Å²) in [5, 5.41) is 8.17. The minimum atomic E-state index is -0.861. The van der Waals surface area contributed by atoms with Crippen LogP contribution in [0.1, 0.15) is 27.2 Å². The molecule has 0 saturated heterocycles. The minimum absolute atomic E-state index is 0.267. The van der Waals surface area contributed by atoms with Gasteiger partial charge in [0.25, 0.3) is 5.97 Å². The molecule has 0 atom stereocenters. The summed E-state index contributed by atoms with van der Waals surface area (Å²) in [4.78, 5) is 11.8. The highest BCUT2D eigenvalue weighted by Gasteiger charge is 2.36. The summed E-state index contributed by atoms with van der Waals surface area (Å²) in [6.45, 7) is 5.52. The lowest BCUT2D eigenvalue weighted by molar-refractivity contribution is -0.156. The molecular weight excluding hydrogens is 187 g/mol. The lowest BCUT2D eigenvalue weighted by Gasteiger charge is -2.33. The maximum Gasteiger partial charge on any atom is 0.296 e. The van der Waals surface area contributed by atoms with Crippen LogP contribution < -0.4 is 0 Å². The van der Waals surface area contributed by atoms with Gasteiger partial charge >= 0.3 is 0 Å². The normalized spacial score (nSPS) is 13.6. The molecule has 3 nitrogen and oxygen atoms in total. The van der Waals surface area contributed by atoms with Gasteiger partial charge in [-0.25, -0.2) is 0 Å². The van der Waals surface area contributed by atoms with Gasteiger partial charge in [0.2, 0.25) is 0 Å². The number of hydrogen-bond donors (Lipinski definition) is 1. The first-order valence-electron chi connectivity index (χ1n) is 5.29. The van der Waals surface area contributed by atoms with Crippen LogP contribution in [0.3, 0.4) is 0 Å². The van der Waals surface area contributed by atoms with Gasteiger partial charge in [-0.3, -0.25) is 4.79 Å². The van der Waals surface area contributed by atoms with Gasteiger partial charge in [0.1, 0.15) is 37.0 Å². The zero-order valence-corrected chi connectivity index (χ0v) is 11.0. The summed E-state index contributed by atoms with van der Waals surface area (Å²) in [5.41, 5.74) is -0.478. The lowest BCUT2D eigenvalue weighted by atomic mass is 9.45. The van der Waals surface area contributed by atoms with Crippen LogP contribution in [0.25, 0.3) is 0 Å². The number of rotatable bonds is 3. The van der Waals surface area contributed by atoms with E-state index >= 15 is 0 Å². The van der Waals surface area contributed by atoms with Crippen molar-refractivity contribution in [3.8, 4) is 0 Å². The Kier molecular flexibility index (Phi) is 4.19. The standard InChI is InChI=1S/C8H20B4O3/c1-6(2,3)15-5(13)7(9,10)4-8(11,12)14/h14H,4,9-12H2,1-3H3. The largest absolute Gasteiger partial charge is 0.461 e. The van der Waals surface area contributed by atoms with E-state index in [1.165, 1.54) is 0 Å². The SMILES string of the molecule is BC(B)(O)CC(B)(B)C(=O)OC(C)(C)C. The molecule has 0 spiro atoms. The monoisotopic (exact) mass is 208 g/mol. The summed E-state index contributed by atoms with van der Waals surface area (Å²) < 4.78 is 5.30. The van der Waals surface area contributed by atoms with Crippen molar-refractivity contribution >= 4 is 37.4 Å². The van der Waals surface area contributed by atoms with Gasteiger partial charge < -0.3 is 9.84 Å². The Morgan fingerprint density at radius 1 is 1.20 bits per heavy atom. The maximum absolute atomic E-state index is 11.8. The van der Waals surface area contributed by atoms with E-state index < -0.39 is 16.2 Å². The molecule has 0 aromatic heterocycles. The second-order valence-corrected chi connectivity index (χ2v) is 6.37. The van der Waals surface area contributed by atoms with Gasteiger partial charge in [0.15, 0.2) is 0 Å². The van der Waals surface area contributed by atoms with E-state index in [4.69, 9.17) is 4.74 Å². The van der Waals surface area contributed by atoms with E-state index in [0.717, 1.165) is 0 Å². The number of carbonyl (C=O) groups is 1. The highest BCUT2D eigenvalue weighted by Crippen LogP contribution is 2.29. The first-order chi connectivity index (χ1) is 6.33. The van der Waals surface area contributed by atoms with Crippen LogP contribution in [0.15, 0.2) is 0 Å². The topological polar surface area (TPSA) is 46.5 Å². The molecule has 0 aliphatic carbocycles. The van der Waals surface area contributed by atoms with Crippen LogP contribution in [0.4, 0.5) is 0 Å². The molecule has 82 valence electrons. The van der Waals surface area contributed by atoms with Crippen molar-refractivity contribution in [2.24, 2.45) is 0 Å². The Labute approximate surface area is 96.0 Å². The van der Waals surface area contributed by atoms with Crippen LogP contribution in [0.2, 0.25) is 5.21 Å². The van der Waals surface area contributed by atoms with Gasteiger partial charge in [-0.15, -0.1) is 0 Å². The van der Waals surface area contributed by atoms with E-state index in [0.29, 0.717) is 6.42 Å². The molecule has 0 aromatic rings. The van der Waals surface area contributed by atoms with E-state index in [1.807, 2.05) is 20.8 Å². The second-order valence-electron chi connectivity index (χ2n) is 6.37. The van der Waals surface area contributed by atoms with Gasteiger partial charge in [-0.2, -0.15) is 0 Å². The van der Waals surface area contributed by atoms with Crippen molar-refractivity contribution in [2.75, 3.05) is 0 Å². The molecule has 7 heteroatoms. The Hall–Kier alpha value is -0.310. The van der Waals surface area contributed by atoms with E-state index in [1.54, 1.807) is 31.4 Å². The molecule has 1 N–H and O–H groups in total. The molecule has 0 aromatic carbocycles. The van der Waals surface area contributed by atoms with Crippen molar-refractivity contribution in [1.82, 2.24) is 0 Å². The van der Waals surface area contributed by atoms with Crippen LogP contribution >= 0.6 is 0 Å². The summed E-state index contributed by atoms with van der Waals surface area (Å²) in [5.74, 6) is -0.267. The predicted octanol–water partition coefficient (Wildman–Crippen LogP) is -2.99. The number of ether oxygens (including phenoxy) is 1. The fourth-order valence-electron chi connectivity index (χ4n) is 1.57. The quantitative estimate of drug-likeness (QED) is 0.397. The smallest absolute Gasteiger partial charge is 0.296 e. The first kappa shape index (κ1) is 14.7. The summed E-state index contributed by atoms with van der Waals surface area (Å²) in [7, 11) is 6.97. The highest BCUT2D eigenvalue weighted by atomic mass is 16.6. The third-order valence-corrected chi connectivity index (χ3v) is 1.83. The van der Waals surface area contributed by atoms with Crippen molar-refractivity contribution < 1.29 is 14.6 Å². The van der Waals surface area contributed by atoms with Crippen LogP contribution in [-0.2, 0) is 9.53 Å². The Morgan fingerprint density at radius 3 is 1.87 bits per heavy atom. The zero-order valence-electron chi connectivity index (χ0n) is 11.0. The van der Waals surface area contributed by atoms with Gasteiger partial charge in [0.05, 0.1) is 0 Å². The fourth-order valence-corrected chi connectivity index (χ4v) is 1.57. The molecule has 0 radical (unpaired) electrons. The molecule has 0 rings (SSSR count). The Bertz CT molecular complexity index is 239. The number of hydrogen-bond acceptors (Lipinski definition) is 3. The predicted molar refractivity (Wildman–Crippen MR) is 72.3 cm³/mol. The van der Waals surface area contributed by atoms with Crippen molar-refractivity contribution in [3.63, 3.8) is 0 Å². The van der Waals surface area contributed by atoms with E-state index in [2.05, 4.69) is 0 Å². The molecule has 0 aliphatic heterocycles. The highest BCUT2D eigenvalue weighted by molar-refractivity contribution is 6.51. The Balaban J connectivity index is 4.54. The molecule has 0 unspecified atom stereocenters. The van der Waals surface area contributed by atoms with Crippen molar-refractivity contribution in [3.05, 3.63) is 0 Å². The molecule has 15 heavy (non-hydrogen) atoms. The fraction of sp³-hybridized carbons (Fsp3) is 0.875. The first-order valence-corrected chi connectivity index (χ1v) is 5.29. The third-order valence-electron chi connectivity index (χ3n) is 1.83. The molecule has 0 fully saturated rings. The molecular formula is C8H20B4O3. The molecule has 0 bridgehead atoms. The molecule has 0 heterocycles. The Morgan fingerprint density at radius 2 is 1.60 bits per heavy atom. The molecule has 0 amide bonds. The lowest BCUT2D eigenvalue weighted by Crippen LogP contribution is -2.41. The average molecular weight is 207 g/mol. The summed E-state index contributed by atoms with van der Waals surface area (Å²) >= 11 is 0. The van der Waals surface area contributed by atoms with Gasteiger partial charge in [-0.1, -0.05) is 0 Å². The number of aliphatic hydroxyl groups is 1. The van der Waals surface area contributed by atoms with Crippen molar-refractivity contribution in [1.29, 1.82) is 0 Å². The molecule has 0 aliphatic rings. The van der Waals surface area contributed by atoms with Crippen LogP contribution in [0.5, 0.6) is 0 Å². The third kappa shape index (κ3) is 6.72. The van der Waals surface area contributed by atoms with Crippen LogP contribution in [-0.4, -0.2) is 53.5 Å². The average Bonchev–Trinajstić information content (AvgIpc) is 1.75. The second kappa shape index (κ2) is 4.28. The molecule has 0 saturated carbocycles.